The van der Waals surface area contributed by atoms with Crippen LogP contribution in [-0.4, -0.2) is 31.9 Å². The Bertz CT molecular complexity index is 628. The van der Waals surface area contributed by atoms with Gasteiger partial charge in [-0.05, 0) is 11.6 Å². The predicted molar refractivity (Wildman–Crippen MR) is 74.1 cm³/mol. The zero-order valence-electron chi connectivity index (χ0n) is 10.7. The highest BCUT2D eigenvalue weighted by atomic mass is 32.2. The highest BCUT2D eigenvalue weighted by Gasteiger charge is 2.28. The quantitative estimate of drug-likeness (QED) is 0.775. The summed E-state index contributed by atoms with van der Waals surface area (Å²) in [7, 11) is 0. The molecule has 0 saturated carbocycles. The highest BCUT2D eigenvalue weighted by molar-refractivity contribution is 7.99. The Hall–Kier alpha value is -1.86. The first-order chi connectivity index (χ1) is 9.78. The van der Waals surface area contributed by atoms with Crippen molar-refractivity contribution in [3.63, 3.8) is 0 Å². The van der Waals surface area contributed by atoms with E-state index in [1.165, 1.54) is 4.90 Å². The van der Waals surface area contributed by atoms with Crippen LogP contribution >= 0.6 is 11.8 Å². The fourth-order valence-corrected chi connectivity index (χ4v) is 3.39. The van der Waals surface area contributed by atoms with Crippen LogP contribution < -0.4 is 5.32 Å². The minimum absolute atomic E-state index is 0.00982. The Morgan fingerprint density at radius 1 is 1.50 bits per heavy atom. The van der Waals surface area contributed by atoms with Crippen LogP contribution in [0.25, 0.3) is 0 Å². The first-order valence-electron chi connectivity index (χ1n) is 6.28. The van der Waals surface area contributed by atoms with E-state index in [0.29, 0.717) is 11.6 Å². The highest BCUT2D eigenvalue weighted by Crippen LogP contribution is 2.39. The average Bonchev–Trinajstić information content (AvgIpc) is 3.11. The number of fused-ring (bicyclic) bond motifs is 1. The molecule has 3 N–H and O–H groups in total. The zero-order chi connectivity index (χ0) is 13.9. The smallest absolute Gasteiger partial charge is 0.228 e. The SMILES string of the molecule is O=C(NCc1nc(CO)n[nH]1)C1CSc2ccccc21. The Morgan fingerprint density at radius 2 is 2.35 bits per heavy atom. The summed E-state index contributed by atoms with van der Waals surface area (Å²) < 4.78 is 0. The van der Waals surface area contributed by atoms with Crippen molar-refractivity contribution >= 4 is 17.7 Å². The van der Waals surface area contributed by atoms with Crippen LogP contribution in [0.5, 0.6) is 0 Å². The van der Waals surface area contributed by atoms with Gasteiger partial charge in [0.15, 0.2) is 5.82 Å². The second kappa shape index (κ2) is 5.64. The van der Waals surface area contributed by atoms with E-state index < -0.39 is 0 Å². The lowest BCUT2D eigenvalue weighted by Gasteiger charge is -2.10. The predicted octanol–water partition coefficient (Wildman–Crippen LogP) is 0.803. The maximum Gasteiger partial charge on any atom is 0.228 e. The van der Waals surface area contributed by atoms with Crippen LogP contribution in [0.15, 0.2) is 29.2 Å². The van der Waals surface area contributed by atoms with E-state index in [0.717, 1.165) is 11.3 Å². The van der Waals surface area contributed by atoms with Crippen molar-refractivity contribution in [3.05, 3.63) is 41.5 Å². The van der Waals surface area contributed by atoms with Gasteiger partial charge in [-0.1, -0.05) is 18.2 Å². The number of aromatic nitrogens is 3. The summed E-state index contributed by atoms with van der Waals surface area (Å²) in [6.07, 6.45) is 0. The van der Waals surface area contributed by atoms with E-state index in [1.54, 1.807) is 11.8 Å². The van der Waals surface area contributed by atoms with E-state index in [1.807, 2.05) is 24.3 Å². The molecule has 1 atom stereocenters. The van der Waals surface area contributed by atoms with Gasteiger partial charge in [0.1, 0.15) is 12.4 Å². The van der Waals surface area contributed by atoms with Gasteiger partial charge in [-0.15, -0.1) is 11.8 Å². The zero-order valence-corrected chi connectivity index (χ0v) is 11.5. The Morgan fingerprint density at radius 3 is 3.15 bits per heavy atom. The van der Waals surface area contributed by atoms with Gasteiger partial charge >= 0.3 is 0 Å². The fourth-order valence-electron chi connectivity index (χ4n) is 2.16. The molecule has 1 aliphatic rings. The molecule has 0 saturated heterocycles. The molecular formula is C13H14N4O2S. The third-order valence-electron chi connectivity index (χ3n) is 3.17. The summed E-state index contributed by atoms with van der Waals surface area (Å²) in [4.78, 5) is 17.4. The number of nitrogens with zero attached hydrogens (tertiary/aromatic N) is 2. The lowest BCUT2D eigenvalue weighted by atomic mass is 10.0. The molecule has 6 nitrogen and oxygen atoms in total. The molecule has 0 radical (unpaired) electrons. The van der Waals surface area contributed by atoms with Crippen LogP contribution in [0.2, 0.25) is 0 Å². The monoisotopic (exact) mass is 290 g/mol. The number of aromatic amines is 1. The second-order valence-electron chi connectivity index (χ2n) is 4.48. The summed E-state index contributed by atoms with van der Waals surface area (Å²) in [5, 5.41) is 18.2. The van der Waals surface area contributed by atoms with Gasteiger partial charge < -0.3 is 10.4 Å². The summed E-state index contributed by atoms with van der Waals surface area (Å²) in [6, 6.07) is 7.97. The van der Waals surface area contributed by atoms with E-state index in [2.05, 4.69) is 20.5 Å². The molecule has 0 bridgehead atoms. The topological polar surface area (TPSA) is 90.9 Å². The van der Waals surface area contributed by atoms with Crippen molar-refractivity contribution in [2.75, 3.05) is 5.75 Å². The van der Waals surface area contributed by atoms with Gasteiger partial charge in [0.05, 0.1) is 12.5 Å². The molecule has 3 rings (SSSR count). The number of amides is 1. The van der Waals surface area contributed by atoms with Crippen LogP contribution in [0.4, 0.5) is 0 Å². The molecule has 1 aromatic heterocycles. The number of H-pyrrole nitrogens is 1. The number of thioether (sulfide) groups is 1. The number of nitrogens with one attached hydrogen (secondary N) is 2. The maximum absolute atomic E-state index is 12.2. The first kappa shape index (κ1) is 13.1. The number of benzene rings is 1. The van der Waals surface area contributed by atoms with Crippen LogP contribution in [-0.2, 0) is 17.9 Å². The van der Waals surface area contributed by atoms with Gasteiger partial charge in [0.2, 0.25) is 5.91 Å². The molecule has 0 fully saturated rings. The largest absolute Gasteiger partial charge is 0.388 e. The molecule has 1 aromatic carbocycles. The molecule has 1 amide bonds. The maximum atomic E-state index is 12.2. The summed E-state index contributed by atoms with van der Waals surface area (Å²) in [5.74, 6) is 1.52. The van der Waals surface area contributed by atoms with Crippen LogP contribution in [0.1, 0.15) is 23.1 Å². The van der Waals surface area contributed by atoms with E-state index in [4.69, 9.17) is 5.11 Å². The number of hydrogen-bond donors (Lipinski definition) is 3. The van der Waals surface area contributed by atoms with Crippen molar-refractivity contribution in [1.82, 2.24) is 20.5 Å². The van der Waals surface area contributed by atoms with Gasteiger partial charge in [0, 0.05) is 10.6 Å². The van der Waals surface area contributed by atoms with Crippen molar-refractivity contribution in [3.8, 4) is 0 Å². The van der Waals surface area contributed by atoms with Crippen LogP contribution in [0, 0.1) is 0 Å². The molecule has 2 heterocycles. The molecule has 1 unspecified atom stereocenters. The molecule has 20 heavy (non-hydrogen) atoms. The van der Waals surface area contributed by atoms with Crippen LogP contribution in [0.3, 0.4) is 0 Å². The molecule has 1 aliphatic heterocycles. The first-order valence-corrected chi connectivity index (χ1v) is 7.27. The summed E-state index contributed by atoms with van der Waals surface area (Å²) in [6.45, 7) is 0.0756. The number of aliphatic hydroxyl groups excluding tert-OH is 1. The number of carbonyl (C=O) groups excluding carboxylic acids is 1. The number of rotatable bonds is 4. The van der Waals surface area contributed by atoms with Gasteiger partial charge in [-0.25, -0.2) is 4.98 Å². The molecule has 0 aliphatic carbocycles. The Balaban J connectivity index is 1.63. The minimum Gasteiger partial charge on any atom is -0.388 e. The second-order valence-corrected chi connectivity index (χ2v) is 5.54. The third kappa shape index (κ3) is 2.54. The lowest BCUT2D eigenvalue weighted by molar-refractivity contribution is -0.122. The number of carbonyl (C=O) groups is 1. The summed E-state index contributed by atoms with van der Waals surface area (Å²) in [5.41, 5.74) is 1.09. The fraction of sp³-hybridized carbons (Fsp3) is 0.308. The van der Waals surface area contributed by atoms with Crippen molar-refractivity contribution in [2.45, 2.75) is 24.0 Å². The van der Waals surface area contributed by atoms with Gasteiger partial charge in [-0.2, -0.15) is 5.10 Å². The molecule has 104 valence electrons. The van der Waals surface area contributed by atoms with Gasteiger partial charge in [-0.3, -0.25) is 9.89 Å². The Kier molecular flexibility index (Phi) is 3.70. The molecule has 0 spiro atoms. The van der Waals surface area contributed by atoms with Crippen molar-refractivity contribution in [1.29, 1.82) is 0 Å². The van der Waals surface area contributed by atoms with Gasteiger partial charge in [0.25, 0.3) is 0 Å². The van der Waals surface area contributed by atoms with Crippen molar-refractivity contribution < 1.29 is 9.90 Å². The molecule has 7 heteroatoms. The molecule has 2 aromatic rings. The molecular weight excluding hydrogens is 276 g/mol. The standard InChI is InChI=1S/C13H14N4O2S/c18-6-12-15-11(16-17-12)5-14-13(19)9-7-20-10-4-2-1-3-8(9)10/h1-4,9,18H,5-7H2,(H,14,19)(H,15,16,17). The van der Waals surface area contributed by atoms with E-state index in [9.17, 15) is 4.79 Å². The number of hydrogen-bond acceptors (Lipinski definition) is 5. The Labute approximate surface area is 120 Å². The van der Waals surface area contributed by atoms with Crippen molar-refractivity contribution in [2.24, 2.45) is 0 Å². The minimum atomic E-state index is -0.211. The normalized spacial score (nSPS) is 16.9. The van der Waals surface area contributed by atoms with E-state index >= 15 is 0 Å². The van der Waals surface area contributed by atoms with E-state index in [-0.39, 0.29) is 25.0 Å². The summed E-state index contributed by atoms with van der Waals surface area (Å²) >= 11 is 1.70. The lowest BCUT2D eigenvalue weighted by Crippen LogP contribution is -2.29. The average molecular weight is 290 g/mol. The third-order valence-corrected chi connectivity index (χ3v) is 4.35. The number of aliphatic hydroxyl groups is 1.